The summed E-state index contributed by atoms with van der Waals surface area (Å²) in [4.78, 5) is 26.4. The minimum Gasteiger partial charge on any atom is -0.466 e. The number of Topliss-reactive ketones (excluding diaryl/α,β-unsaturated/α-hetero) is 1. The first-order valence-electron chi connectivity index (χ1n) is 4.84. The largest absolute Gasteiger partial charge is 0.466 e. The molecule has 0 aliphatic heterocycles. The predicted molar refractivity (Wildman–Crippen MR) is 54.4 cm³/mol. The summed E-state index contributed by atoms with van der Waals surface area (Å²) in [6.45, 7) is 2.08. The summed E-state index contributed by atoms with van der Waals surface area (Å²) in [6, 6.07) is 5.11. The molecule has 0 saturated carbocycles. The number of carbonyl (C=O) groups excluding carboxylic acids is 2. The lowest BCUT2D eigenvalue weighted by Gasteiger charge is -2.00. The minimum absolute atomic E-state index is 0.114. The number of ketones is 1. The topological polar surface area (TPSA) is 56.3 Å². The number of esters is 1. The second-order valence-corrected chi connectivity index (χ2v) is 2.94. The summed E-state index contributed by atoms with van der Waals surface area (Å²) in [6.07, 6.45) is 1.82. The van der Waals surface area contributed by atoms with Crippen molar-refractivity contribution < 1.29 is 14.3 Å². The van der Waals surface area contributed by atoms with E-state index in [9.17, 15) is 9.59 Å². The standard InChI is InChI=1S/C11H13NO3/c1-2-15-11(14)7-6-10(13)9-5-3-4-8-12-9/h3-5,8H,2,6-7H2,1H3. The molecule has 0 spiro atoms. The Morgan fingerprint density at radius 2 is 2.13 bits per heavy atom. The Morgan fingerprint density at radius 1 is 1.33 bits per heavy atom. The van der Waals surface area contributed by atoms with Crippen molar-refractivity contribution >= 4 is 11.8 Å². The van der Waals surface area contributed by atoms with Crippen LogP contribution >= 0.6 is 0 Å². The Balaban J connectivity index is 2.40. The van der Waals surface area contributed by atoms with E-state index >= 15 is 0 Å². The van der Waals surface area contributed by atoms with Crippen LogP contribution in [-0.4, -0.2) is 23.3 Å². The zero-order chi connectivity index (χ0) is 11.1. The van der Waals surface area contributed by atoms with E-state index < -0.39 is 0 Å². The number of rotatable bonds is 5. The summed E-state index contributed by atoms with van der Waals surface area (Å²) < 4.78 is 4.72. The van der Waals surface area contributed by atoms with Crippen LogP contribution in [0, 0.1) is 0 Å². The fraction of sp³-hybridized carbons (Fsp3) is 0.364. The molecular formula is C11H13NO3. The number of aromatic nitrogens is 1. The molecule has 0 fully saturated rings. The van der Waals surface area contributed by atoms with Crippen molar-refractivity contribution in [1.29, 1.82) is 0 Å². The third-order valence-electron chi connectivity index (χ3n) is 1.81. The van der Waals surface area contributed by atoms with E-state index in [0.717, 1.165) is 0 Å². The summed E-state index contributed by atoms with van der Waals surface area (Å²) in [7, 11) is 0. The highest BCUT2D eigenvalue weighted by atomic mass is 16.5. The van der Waals surface area contributed by atoms with Crippen molar-refractivity contribution in [1.82, 2.24) is 4.98 Å². The van der Waals surface area contributed by atoms with Gasteiger partial charge < -0.3 is 4.74 Å². The lowest BCUT2D eigenvalue weighted by molar-refractivity contribution is -0.143. The van der Waals surface area contributed by atoms with E-state index in [-0.39, 0.29) is 24.6 Å². The highest BCUT2D eigenvalue weighted by Crippen LogP contribution is 2.02. The van der Waals surface area contributed by atoms with Gasteiger partial charge >= 0.3 is 5.97 Å². The molecule has 0 bridgehead atoms. The summed E-state index contributed by atoms with van der Waals surface area (Å²) in [5.74, 6) is -0.481. The molecule has 0 unspecified atom stereocenters. The molecule has 1 heterocycles. The van der Waals surface area contributed by atoms with E-state index in [1.54, 1.807) is 31.3 Å². The Morgan fingerprint density at radius 3 is 2.73 bits per heavy atom. The van der Waals surface area contributed by atoms with Crippen LogP contribution in [0.5, 0.6) is 0 Å². The predicted octanol–water partition coefficient (Wildman–Crippen LogP) is 1.61. The molecule has 4 heteroatoms. The van der Waals surface area contributed by atoms with E-state index in [1.807, 2.05) is 0 Å². The van der Waals surface area contributed by atoms with Gasteiger partial charge in [0.05, 0.1) is 13.0 Å². The van der Waals surface area contributed by atoms with Gasteiger partial charge in [0, 0.05) is 12.6 Å². The molecule has 0 aliphatic carbocycles. The first-order valence-corrected chi connectivity index (χ1v) is 4.84. The van der Waals surface area contributed by atoms with Crippen LogP contribution in [-0.2, 0) is 9.53 Å². The maximum atomic E-state index is 11.5. The molecule has 15 heavy (non-hydrogen) atoms. The van der Waals surface area contributed by atoms with Crippen LogP contribution in [0.4, 0.5) is 0 Å². The Labute approximate surface area is 88.3 Å². The smallest absolute Gasteiger partial charge is 0.306 e. The summed E-state index contributed by atoms with van der Waals surface area (Å²) in [5, 5.41) is 0. The maximum absolute atomic E-state index is 11.5. The van der Waals surface area contributed by atoms with Crippen molar-refractivity contribution in [3.8, 4) is 0 Å². The quantitative estimate of drug-likeness (QED) is 0.543. The second-order valence-electron chi connectivity index (χ2n) is 2.94. The molecule has 0 saturated heterocycles. The first kappa shape index (κ1) is 11.4. The highest BCUT2D eigenvalue weighted by molar-refractivity contribution is 5.95. The Bertz CT molecular complexity index is 335. The Kier molecular flexibility index (Phi) is 4.47. The van der Waals surface area contributed by atoms with Crippen LogP contribution in [0.15, 0.2) is 24.4 Å². The monoisotopic (exact) mass is 207 g/mol. The minimum atomic E-state index is -0.346. The lowest BCUT2D eigenvalue weighted by Crippen LogP contribution is -2.08. The molecule has 0 N–H and O–H groups in total. The van der Waals surface area contributed by atoms with E-state index in [2.05, 4.69) is 4.98 Å². The maximum Gasteiger partial charge on any atom is 0.306 e. The number of pyridine rings is 1. The van der Waals surface area contributed by atoms with Crippen molar-refractivity contribution in [2.75, 3.05) is 6.61 Å². The zero-order valence-electron chi connectivity index (χ0n) is 8.60. The molecule has 1 rings (SSSR count). The molecule has 0 amide bonds. The second kappa shape index (κ2) is 5.90. The van der Waals surface area contributed by atoms with Gasteiger partial charge in [-0.1, -0.05) is 6.07 Å². The molecule has 4 nitrogen and oxygen atoms in total. The van der Waals surface area contributed by atoms with Gasteiger partial charge in [0.2, 0.25) is 0 Å². The normalized spacial score (nSPS) is 9.67. The van der Waals surface area contributed by atoms with E-state index in [0.29, 0.717) is 12.3 Å². The average molecular weight is 207 g/mol. The molecule has 0 atom stereocenters. The zero-order valence-corrected chi connectivity index (χ0v) is 8.60. The van der Waals surface area contributed by atoms with Gasteiger partial charge in [-0.3, -0.25) is 14.6 Å². The SMILES string of the molecule is CCOC(=O)CCC(=O)c1ccccn1. The Hall–Kier alpha value is -1.71. The van der Waals surface area contributed by atoms with Gasteiger partial charge in [0.1, 0.15) is 5.69 Å². The molecule has 0 aliphatic rings. The van der Waals surface area contributed by atoms with Crippen LogP contribution < -0.4 is 0 Å². The number of carbonyl (C=O) groups is 2. The highest BCUT2D eigenvalue weighted by Gasteiger charge is 2.09. The van der Waals surface area contributed by atoms with Crippen molar-refractivity contribution in [2.24, 2.45) is 0 Å². The van der Waals surface area contributed by atoms with Crippen LogP contribution in [0.2, 0.25) is 0 Å². The van der Waals surface area contributed by atoms with Crippen LogP contribution in [0.3, 0.4) is 0 Å². The fourth-order valence-corrected chi connectivity index (χ4v) is 1.10. The van der Waals surface area contributed by atoms with Crippen LogP contribution in [0.25, 0.3) is 0 Å². The third-order valence-corrected chi connectivity index (χ3v) is 1.81. The van der Waals surface area contributed by atoms with Crippen molar-refractivity contribution in [3.05, 3.63) is 30.1 Å². The number of nitrogens with zero attached hydrogens (tertiary/aromatic N) is 1. The van der Waals surface area contributed by atoms with Gasteiger partial charge in [-0.2, -0.15) is 0 Å². The summed E-state index contributed by atoms with van der Waals surface area (Å²) >= 11 is 0. The number of hydrogen-bond donors (Lipinski definition) is 0. The van der Waals surface area contributed by atoms with Gasteiger partial charge in [-0.05, 0) is 19.1 Å². The number of hydrogen-bond acceptors (Lipinski definition) is 4. The molecule has 1 aromatic heterocycles. The van der Waals surface area contributed by atoms with Gasteiger partial charge in [-0.15, -0.1) is 0 Å². The van der Waals surface area contributed by atoms with Gasteiger partial charge in [0.25, 0.3) is 0 Å². The van der Waals surface area contributed by atoms with Crippen molar-refractivity contribution in [3.63, 3.8) is 0 Å². The lowest BCUT2D eigenvalue weighted by atomic mass is 10.1. The summed E-state index contributed by atoms with van der Waals surface area (Å²) in [5.41, 5.74) is 0.391. The molecule has 0 aromatic carbocycles. The fourth-order valence-electron chi connectivity index (χ4n) is 1.10. The third kappa shape index (κ3) is 3.89. The average Bonchev–Trinajstić information content (AvgIpc) is 2.27. The first-order chi connectivity index (χ1) is 7.24. The van der Waals surface area contributed by atoms with E-state index in [4.69, 9.17) is 4.74 Å². The number of ether oxygens (including phenoxy) is 1. The van der Waals surface area contributed by atoms with Crippen molar-refractivity contribution in [2.45, 2.75) is 19.8 Å². The van der Waals surface area contributed by atoms with Gasteiger partial charge in [0.15, 0.2) is 5.78 Å². The molecule has 80 valence electrons. The van der Waals surface area contributed by atoms with E-state index in [1.165, 1.54) is 0 Å². The van der Waals surface area contributed by atoms with Gasteiger partial charge in [-0.25, -0.2) is 0 Å². The molecule has 1 aromatic rings. The molecule has 0 radical (unpaired) electrons. The van der Waals surface area contributed by atoms with Crippen LogP contribution in [0.1, 0.15) is 30.3 Å². The molecular weight excluding hydrogens is 194 g/mol.